The Labute approximate surface area is 115 Å². The molecule has 2 heterocycles. The Morgan fingerprint density at radius 3 is 2.79 bits per heavy atom. The lowest BCUT2D eigenvalue weighted by Gasteiger charge is -2.11. The van der Waals surface area contributed by atoms with E-state index in [1.807, 2.05) is 31.2 Å². The highest BCUT2D eigenvalue weighted by Gasteiger charge is 2.20. The van der Waals surface area contributed by atoms with Gasteiger partial charge in [-0.3, -0.25) is 5.84 Å². The molecule has 0 radical (unpaired) electrons. The Balaban J connectivity index is 2.09. The number of furan rings is 2. The average molecular weight is 277 g/mol. The van der Waals surface area contributed by atoms with E-state index < -0.39 is 0 Å². The van der Waals surface area contributed by atoms with Gasteiger partial charge in [0.25, 0.3) is 0 Å². The largest absolute Gasteiger partial charge is 0.469 e. The van der Waals surface area contributed by atoms with Crippen LogP contribution in [0.1, 0.15) is 23.1 Å². The van der Waals surface area contributed by atoms with E-state index in [0.29, 0.717) is 5.02 Å². The maximum Gasteiger partial charge on any atom is 0.134 e. The van der Waals surface area contributed by atoms with Gasteiger partial charge in [0.2, 0.25) is 0 Å². The van der Waals surface area contributed by atoms with Crippen LogP contribution >= 0.6 is 11.6 Å². The van der Waals surface area contributed by atoms with Crippen LogP contribution in [0, 0.1) is 6.92 Å². The molecule has 3 N–H and O–H groups in total. The second kappa shape index (κ2) is 4.74. The topological polar surface area (TPSA) is 64.3 Å². The van der Waals surface area contributed by atoms with Crippen molar-refractivity contribution in [1.82, 2.24) is 5.43 Å². The molecule has 19 heavy (non-hydrogen) atoms. The number of aryl methyl sites for hydroxylation is 1. The third-order valence-corrected chi connectivity index (χ3v) is 3.39. The first-order valence-corrected chi connectivity index (χ1v) is 6.26. The smallest absolute Gasteiger partial charge is 0.134 e. The third-order valence-electron chi connectivity index (χ3n) is 3.16. The van der Waals surface area contributed by atoms with Gasteiger partial charge in [0.15, 0.2) is 0 Å². The molecular formula is C14H13ClN2O2. The van der Waals surface area contributed by atoms with Crippen LogP contribution in [0.4, 0.5) is 0 Å². The minimum absolute atomic E-state index is 0.245. The van der Waals surface area contributed by atoms with Crippen molar-refractivity contribution < 1.29 is 8.83 Å². The SMILES string of the molecule is Cc1occc1C(NN)c1cc2cc(Cl)ccc2o1. The highest BCUT2D eigenvalue weighted by atomic mass is 35.5. The summed E-state index contributed by atoms with van der Waals surface area (Å²) in [5, 5.41) is 1.63. The highest BCUT2D eigenvalue weighted by Crippen LogP contribution is 2.30. The molecule has 0 aliphatic heterocycles. The van der Waals surface area contributed by atoms with Gasteiger partial charge in [0.1, 0.15) is 23.1 Å². The Bertz CT molecular complexity index is 717. The predicted molar refractivity (Wildman–Crippen MR) is 73.8 cm³/mol. The van der Waals surface area contributed by atoms with Crippen molar-refractivity contribution in [2.24, 2.45) is 5.84 Å². The molecule has 0 spiro atoms. The van der Waals surface area contributed by atoms with Crippen LogP contribution in [0.5, 0.6) is 0 Å². The van der Waals surface area contributed by atoms with Gasteiger partial charge < -0.3 is 8.83 Å². The van der Waals surface area contributed by atoms with Gasteiger partial charge in [-0.2, -0.15) is 0 Å². The summed E-state index contributed by atoms with van der Waals surface area (Å²) in [5.74, 6) is 7.17. The first kappa shape index (κ1) is 12.3. The molecule has 4 nitrogen and oxygen atoms in total. The zero-order valence-electron chi connectivity index (χ0n) is 10.3. The molecule has 3 rings (SSSR count). The number of hydrogen-bond acceptors (Lipinski definition) is 4. The standard InChI is InChI=1S/C14H13ClN2O2/c1-8-11(4-5-18-8)14(17-16)13-7-9-6-10(15)2-3-12(9)19-13/h2-7,14,17H,16H2,1H3. The zero-order chi connectivity index (χ0) is 13.4. The molecule has 0 bridgehead atoms. The molecule has 5 heteroatoms. The molecule has 2 aromatic heterocycles. The minimum Gasteiger partial charge on any atom is -0.469 e. The van der Waals surface area contributed by atoms with E-state index >= 15 is 0 Å². The highest BCUT2D eigenvalue weighted by molar-refractivity contribution is 6.31. The Kier molecular flexibility index (Phi) is 3.06. The second-order valence-electron chi connectivity index (χ2n) is 4.36. The van der Waals surface area contributed by atoms with Gasteiger partial charge in [-0.25, -0.2) is 5.43 Å². The lowest BCUT2D eigenvalue weighted by molar-refractivity contribution is 0.465. The summed E-state index contributed by atoms with van der Waals surface area (Å²) >= 11 is 5.97. The van der Waals surface area contributed by atoms with E-state index in [0.717, 1.165) is 28.1 Å². The van der Waals surface area contributed by atoms with Crippen molar-refractivity contribution in [3.05, 3.63) is 58.7 Å². The molecule has 1 atom stereocenters. The number of halogens is 1. The quantitative estimate of drug-likeness (QED) is 0.567. The molecule has 0 aliphatic rings. The molecule has 1 aromatic carbocycles. The summed E-state index contributed by atoms with van der Waals surface area (Å²) in [5.41, 5.74) is 4.48. The predicted octanol–water partition coefficient (Wildman–Crippen LogP) is 3.54. The summed E-state index contributed by atoms with van der Waals surface area (Å²) in [6.45, 7) is 1.89. The molecule has 3 aromatic rings. The maximum absolute atomic E-state index is 5.97. The van der Waals surface area contributed by atoms with Gasteiger partial charge in [-0.1, -0.05) is 11.6 Å². The fourth-order valence-electron chi connectivity index (χ4n) is 2.20. The molecule has 98 valence electrons. The van der Waals surface area contributed by atoms with E-state index in [1.54, 1.807) is 12.3 Å². The molecule has 0 aliphatic carbocycles. The van der Waals surface area contributed by atoms with Crippen LogP contribution in [0.15, 0.2) is 45.4 Å². The Morgan fingerprint density at radius 1 is 1.26 bits per heavy atom. The first-order valence-electron chi connectivity index (χ1n) is 5.88. The van der Waals surface area contributed by atoms with E-state index in [4.69, 9.17) is 26.3 Å². The molecule has 0 saturated heterocycles. The van der Waals surface area contributed by atoms with Crippen LogP contribution in [0.2, 0.25) is 5.02 Å². The average Bonchev–Trinajstić information content (AvgIpc) is 2.97. The van der Waals surface area contributed by atoms with Crippen LogP contribution < -0.4 is 11.3 Å². The first-order chi connectivity index (χ1) is 9.19. The Morgan fingerprint density at radius 2 is 2.11 bits per heavy atom. The Hall–Kier alpha value is -1.75. The van der Waals surface area contributed by atoms with Gasteiger partial charge in [0, 0.05) is 16.0 Å². The van der Waals surface area contributed by atoms with Crippen molar-refractivity contribution in [2.75, 3.05) is 0 Å². The van der Waals surface area contributed by atoms with E-state index in [2.05, 4.69) is 5.43 Å². The van der Waals surface area contributed by atoms with Crippen LogP contribution in [-0.2, 0) is 0 Å². The fourth-order valence-corrected chi connectivity index (χ4v) is 2.38. The van der Waals surface area contributed by atoms with Gasteiger partial charge in [-0.15, -0.1) is 0 Å². The number of hydrogen-bond donors (Lipinski definition) is 2. The van der Waals surface area contributed by atoms with Crippen LogP contribution in [0.3, 0.4) is 0 Å². The van der Waals surface area contributed by atoms with Crippen LogP contribution in [-0.4, -0.2) is 0 Å². The van der Waals surface area contributed by atoms with E-state index in [9.17, 15) is 0 Å². The van der Waals surface area contributed by atoms with Crippen molar-refractivity contribution in [2.45, 2.75) is 13.0 Å². The monoisotopic (exact) mass is 276 g/mol. The van der Waals surface area contributed by atoms with Gasteiger partial charge in [0.05, 0.1) is 6.26 Å². The third kappa shape index (κ3) is 2.14. The molecule has 0 saturated carbocycles. The van der Waals surface area contributed by atoms with Gasteiger partial charge >= 0.3 is 0 Å². The lowest BCUT2D eigenvalue weighted by Crippen LogP contribution is -2.28. The number of hydrazine groups is 1. The summed E-state index contributed by atoms with van der Waals surface area (Å²) in [7, 11) is 0. The number of benzene rings is 1. The summed E-state index contributed by atoms with van der Waals surface area (Å²) < 4.78 is 11.1. The molecule has 0 fully saturated rings. The number of rotatable bonds is 3. The summed E-state index contributed by atoms with van der Waals surface area (Å²) in [4.78, 5) is 0. The normalized spacial score (nSPS) is 13.0. The van der Waals surface area contributed by atoms with E-state index in [-0.39, 0.29) is 6.04 Å². The van der Waals surface area contributed by atoms with E-state index in [1.165, 1.54) is 0 Å². The van der Waals surface area contributed by atoms with Crippen molar-refractivity contribution in [3.63, 3.8) is 0 Å². The molecule has 0 amide bonds. The van der Waals surface area contributed by atoms with Crippen molar-refractivity contribution in [1.29, 1.82) is 0 Å². The fraction of sp³-hybridized carbons (Fsp3) is 0.143. The lowest BCUT2D eigenvalue weighted by atomic mass is 10.1. The minimum atomic E-state index is -0.245. The maximum atomic E-state index is 5.97. The van der Waals surface area contributed by atoms with Gasteiger partial charge in [-0.05, 0) is 37.3 Å². The van der Waals surface area contributed by atoms with Crippen LogP contribution in [0.25, 0.3) is 11.0 Å². The number of fused-ring (bicyclic) bond motifs is 1. The van der Waals surface area contributed by atoms with Crippen molar-refractivity contribution in [3.8, 4) is 0 Å². The van der Waals surface area contributed by atoms with Crippen molar-refractivity contribution >= 4 is 22.6 Å². The summed E-state index contributed by atoms with van der Waals surface area (Å²) in [6, 6.07) is 9.06. The molecule has 1 unspecified atom stereocenters. The molecular weight excluding hydrogens is 264 g/mol. The zero-order valence-corrected chi connectivity index (χ0v) is 11.1. The number of nitrogens with two attached hydrogens (primary N) is 1. The number of nitrogens with one attached hydrogen (secondary N) is 1. The summed E-state index contributed by atoms with van der Waals surface area (Å²) in [6.07, 6.45) is 1.63. The second-order valence-corrected chi connectivity index (χ2v) is 4.80.